The fourth-order valence-corrected chi connectivity index (χ4v) is 4.83. The molecule has 5 nitrogen and oxygen atoms in total. The van der Waals surface area contributed by atoms with Crippen LogP contribution in [0.2, 0.25) is 0 Å². The second-order valence-electron chi connectivity index (χ2n) is 6.40. The highest BCUT2D eigenvalue weighted by molar-refractivity contribution is 7.91. The van der Waals surface area contributed by atoms with Crippen LogP contribution in [0.4, 0.5) is 5.69 Å². The summed E-state index contributed by atoms with van der Waals surface area (Å²) in [4.78, 5) is 2.68. The Morgan fingerprint density at radius 1 is 1.22 bits per heavy atom. The van der Waals surface area contributed by atoms with Crippen LogP contribution in [0.15, 0.2) is 29.2 Å². The molecule has 130 valence electrons. The van der Waals surface area contributed by atoms with Crippen LogP contribution in [0.5, 0.6) is 0 Å². The third-order valence-electron chi connectivity index (χ3n) is 4.35. The number of rotatable bonds is 6. The first-order valence-electron chi connectivity index (χ1n) is 7.92. The summed E-state index contributed by atoms with van der Waals surface area (Å²) in [5.74, 6) is 1.52. The molecule has 1 fully saturated rings. The molecule has 0 aliphatic carbocycles. The van der Waals surface area contributed by atoms with E-state index in [0.717, 1.165) is 13.1 Å². The highest BCUT2D eigenvalue weighted by Crippen LogP contribution is 2.24. The van der Waals surface area contributed by atoms with E-state index in [4.69, 9.17) is 0 Å². The number of nitrogens with zero attached hydrogens (tertiary/aromatic N) is 1. The summed E-state index contributed by atoms with van der Waals surface area (Å²) in [5, 5.41) is 3.31. The Labute approximate surface area is 141 Å². The summed E-state index contributed by atoms with van der Waals surface area (Å²) in [6, 6.07) is 7.05. The van der Waals surface area contributed by atoms with Crippen LogP contribution < -0.4 is 5.32 Å². The van der Waals surface area contributed by atoms with Gasteiger partial charge in [0.15, 0.2) is 9.84 Å². The van der Waals surface area contributed by atoms with E-state index in [2.05, 4.69) is 24.1 Å². The number of para-hydroxylation sites is 1. The minimum Gasteiger partial charge on any atom is -0.382 e. The summed E-state index contributed by atoms with van der Waals surface area (Å²) in [6.45, 7) is 8.18. The molecule has 0 unspecified atom stereocenters. The lowest BCUT2D eigenvalue weighted by Gasteiger charge is -2.41. The molecule has 0 bridgehead atoms. The van der Waals surface area contributed by atoms with Crippen molar-refractivity contribution in [3.05, 3.63) is 24.3 Å². The van der Waals surface area contributed by atoms with Crippen LogP contribution in [0, 0.1) is 0 Å². The van der Waals surface area contributed by atoms with Gasteiger partial charge in [0.2, 0.25) is 0 Å². The molecule has 0 radical (unpaired) electrons. The van der Waals surface area contributed by atoms with Crippen molar-refractivity contribution in [2.45, 2.75) is 31.2 Å². The van der Waals surface area contributed by atoms with Gasteiger partial charge in [0.1, 0.15) is 0 Å². The van der Waals surface area contributed by atoms with Crippen LogP contribution in [0.25, 0.3) is 0 Å². The van der Waals surface area contributed by atoms with E-state index < -0.39 is 20.6 Å². The largest absolute Gasteiger partial charge is 0.382 e. The third kappa shape index (κ3) is 4.55. The van der Waals surface area contributed by atoms with E-state index in [-0.39, 0.29) is 11.3 Å². The van der Waals surface area contributed by atoms with Crippen LogP contribution in [-0.2, 0) is 20.6 Å². The molecule has 1 aromatic carbocycles. The van der Waals surface area contributed by atoms with Crippen molar-refractivity contribution in [3.63, 3.8) is 0 Å². The minimum atomic E-state index is -3.24. The van der Waals surface area contributed by atoms with Crippen molar-refractivity contribution in [3.8, 4) is 0 Å². The topological polar surface area (TPSA) is 66.5 Å². The second kappa shape index (κ2) is 7.32. The van der Waals surface area contributed by atoms with Crippen molar-refractivity contribution in [1.29, 1.82) is 0 Å². The molecule has 7 heteroatoms. The average Bonchev–Trinajstić information content (AvgIpc) is 2.54. The molecule has 0 aromatic heterocycles. The first-order valence-corrected chi connectivity index (χ1v) is 11.1. The molecule has 0 spiro atoms. The fourth-order valence-electron chi connectivity index (χ4n) is 2.71. The number of anilines is 1. The van der Waals surface area contributed by atoms with Crippen LogP contribution in [-0.4, -0.2) is 60.0 Å². The monoisotopic (exact) mass is 358 g/mol. The second-order valence-corrected chi connectivity index (χ2v) is 10.3. The van der Waals surface area contributed by atoms with Gasteiger partial charge >= 0.3 is 0 Å². The number of hydrogen-bond acceptors (Lipinski definition) is 5. The SMILES string of the molecule is CCS(=O)(=O)c1ccccc1NCC(C)(C)N1CCS(=O)CC1. The standard InChI is InChI=1S/C16H26N2O3S2/c1-4-23(20,21)15-8-6-5-7-14(15)17-13-16(2,3)18-9-11-22(19)12-10-18/h5-8,17H,4,9-13H2,1-3H3. The maximum atomic E-state index is 12.2. The number of sulfone groups is 1. The van der Waals surface area contributed by atoms with Gasteiger partial charge in [-0.15, -0.1) is 0 Å². The molecule has 0 atom stereocenters. The summed E-state index contributed by atoms with van der Waals surface area (Å²) < 4.78 is 35.9. The van der Waals surface area contributed by atoms with Crippen molar-refractivity contribution in [2.24, 2.45) is 0 Å². The molecule has 1 aromatic rings. The average molecular weight is 359 g/mol. The molecular formula is C16H26N2O3S2. The van der Waals surface area contributed by atoms with Gasteiger partial charge in [-0.3, -0.25) is 9.11 Å². The van der Waals surface area contributed by atoms with Gasteiger partial charge in [0, 0.05) is 47.5 Å². The lowest BCUT2D eigenvalue weighted by atomic mass is 10.0. The van der Waals surface area contributed by atoms with Crippen molar-refractivity contribution < 1.29 is 12.6 Å². The highest BCUT2D eigenvalue weighted by Gasteiger charge is 2.30. The Morgan fingerprint density at radius 3 is 2.43 bits per heavy atom. The third-order valence-corrected chi connectivity index (χ3v) is 7.41. The van der Waals surface area contributed by atoms with Gasteiger partial charge in [-0.2, -0.15) is 0 Å². The predicted octanol–water partition coefficient (Wildman–Crippen LogP) is 1.74. The lowest BCUT2D eigenvalue weighted by Crippen LogP contribution is -2.53. The maximum absolute atomic E-state index is 12.2. The Bertz CT molecular complexity index is 662. The zero-order chi connectivity index (χ0) is 17.1. The minimum absolute atomic E-state index is 0.0903. The summed E-state index contributed by atoms with van der Waals surface area (Å²) in [5.41, 5.74) is 0.524. The first kappa shape index (κ1) is 18.4. The smallest absolute Gasteiger partial charge is 0.180 e. The summed E-state index contributed by atoms with van der Waals surface area (Å²) >= 11 is 0. The molecule has 0 saturated carbocycles. The Balaban J connectivity index is 2.10. The molecular weight excluding hydrogens is 332 g/mol. The van der Waals surface area contributed by atoms with E-state index in [1.807, 2.05) is 12.1 Å². The van der Waals surface area contributed by atoms with E-state index >= 15 is 0 Å². The number of benzene rings is 1. The van der Waals surface area contributed by atoms with E-state index in [1.165, 1.54) is 0 Å². The van der Waals surface area contributed by atoms with Gasteiger partial charge in [0.25, 0.3) is 0 Å². The fraction of sp³-hybridized carbons (Fsp3) is 0.625. The molecule has 2 rings (SSSR count). The van der Waals surface area contributed by atoms with Gasteiger partial charge in [-0.25, -0.2) is 8.42 Å². The molecule has 23 heavy (non-hydrogen) atoms. The van der Waals surface area contributed by atoms with Gasteiger partial charge in [-0.1, -0.05) is 19.1 Å². The quantitative estimate of drug-likeness (QED) is 0.839. The first-order chi connectivity index (χ1) is 10.8. The molecule has 1 saturated heterocycles. The van der Waals surface area contributed by atoms with E-state index in [9.17, 15) is 12.6 Å². The number of hydrogen-bond donors (Lipinski definition) is 1. The zero-order valence-electron chi connectivity index (χ0n) is 14.0. The summed E-state index contributed by atoms with van der Waals surface area (Å²) in [6.07, 6.45) is 0. The molecule has 1 N–H and O–H groups in total. The number of nitrogens with one attached hydrogen (secondary N) is 1. The molecule has 1 heterocycles. The van der Waals surface area contributed by atoms with Crippen LogP contribution >= 0.6 is 0 Å². The normalized spacial score (nSPS) is 18.0. The van der Waals surface area contributed by atoms with Crippen LogP contribution in [0.3, 0.4) is 0 Å². The Kier molecular flexibility index (Phi) is 5.86. The van der Waals surface area contributed by atoms with Crippen molar-refractivity contribution in [2.75, 3.05) is 42.2 Å². The predicted molar refractivity (Wildman–Crippen MR) is 96.2 cm³/mol. The molecule has 1 aliphatic heterocycles. The van der Waals surface area contributed by atoms with Gasteiger partial charge in [0.05, 0.1) is 16.3 Å². The van der Waals surface area contributed by atoms with Crippen molar-refractivity contribution in [1.82, 2.24) is 4.90 Å². The highest BCUT2D eigenvalue weighted by atomic mass is 32.2. The molecule has 0 amide bonds. The lowest BCUT2D eigenvalue weighted by molar-refractivity contribution is 0.145. The van der Waals surface area contributed by atoms with E-state index in [1.54, 1.807) is 19.1 Å². The maximum Gasteiger partial charge on any atom is 0.180 e. The van der Waals surface area contributed by atoms with Gasteiger partial charge < -0.3 is 5.32 Å². The Morgan fingerprint density at radius 2 is 1.83 bits per heavy atom. The van der Waals surface area contributed by atoms with Crippen LogP contribution in [0.1, 0.15) is 20.8 Å². The molecule has 1 aliphatic rings. The van der Waals surface area contributed by atoms with Crippen molar-refractivity contribution >= 4 is 26.3 Å². The summed E-state index contributed by atoms with van der Waals surface area (Å²) in [7, 11) is -3.94. The van der Waals surface area contributed by atoms with Gasteiger partial charge in [-0.05, 0) is 26.0 Å². The van der Waals surface area contributed by atoms with E-state index in [0.29, 0.717) is 28.6 Å². The zero-order valence-corrected chi connectivity index (χ0v) is 15.7. The Hall–Kier alpha value is -0.920.